The summed E-state index contributed by atoms with van der Waals surface area (Å²) in [6.45, 7) is 7.24. The average molecular weight is 347 g/mol. The van der Waals surface area contributed by atoms with Crippen LogP contribution < -0.4 is 5.32 Å². The van der Waals surface area contributed by atoms with E-state index in [0.717, 1.165) is 31.4 Å². The molecule has 2 atom stereocenters. The molecule has 25 heavy (non-hydrogen) atoms. The van der Waals surface area contributed by atoms with Crippen LogP contribution in [0.2, 0.25) is 0 Å². The van der Waals surface area contributed by atoms with E-state index in [-0.39, 0.29) is 12.0 Å². The Morgan fingerprint density at radius 3 is 2.52 bits per heavy atom. The molecule has 1 N–H and O–H groups in total. The fourth-order valence-electron chi connectivity index (χ4n) is 2.91. The zero-order valence-corrected chi connectivity index (χ0v) is 16.1. The second kappa shape index (κ2) is 11.8. The molecular formula is C21H33NO3. The molecule has 140 valence electrons. The van der Waals surface area contributed by atoms with Crippen molar-refractivity contribution in [1.29, 1.82) is 0 Å². The Hall–Kier alpha value is -1.68. The molecular weight excluding hydrogens is 314 g/mol. The van der Waals surface area contributed by atoms with Gasteiger partial charge in [0.2, 0.25) is 0 Å². The van der Waals surface area contributed by atoms with E-state index in [1.807, 2.05) is 24.3 Å². The molecule has 0 amide bonds. The first-order valence-electron chi connectivity index (χ1n) is 9.47. The first-order chi connectivity index (χ1) is 12.0. The van der Waals surface area contributed by atoms with Gasteiger partial charge < -0.3 is 10.1 Å². The van der Waals surface area contributed by atoms with E-state index in [4.69, 9.17) is 4.74 Å². The number of carbonyl (C=O) groups is 2. The molecule has 0 saturated carbocycles. The van der Waals surface area contributed by atoms with Crippen LogP contribution in [-0.2, 0) is 16.0 Å². The molecule has 4 heteroatoms. The fraction of sp³-hybridized carbons (Fsp3) is 0.619. The van der Waals surface area contributed by atoms with E-state index < -0.39 is 0 Å². The first-order valence-corrected chi connectivity index (χ1v) is 9.47. The van der Waals surface area contributed by atoms with Crippen LogP contribution in [0.3, 0.4) is 0 Å². The second-order valence-corrected chi connectivity index (χ2v) is 6.63. The van der Waals surface area contributed by atoms with Gasteiger partial charge in [-0.3, -0.25) is 9.59 Å². The van der Waals surface area contributed by atoms with Gasteiger partial charge in [-0.2, -0.15) is 0 Å². The fourth-order valence-corrected chi connectivity index (χ4v) is 2.91. The number of rotatable bonds is 8. The summed E-state index contributed by atoms with van der Waals surface area (Å²) >= 11 is 0. The van der Waals surface area contributed by atoms with Gasteiger partial charge in [0.25, 0.3) is 0 Å². The summed E-state index contributed by atoms with van der Waals surface area (Å²) in [5.74, 6) is 0.496. The number of benzene rings is 1. The molecule has 0 heterocycles. The van der Waals surface area contributed by atoms with Gasteiger partial charge in [0.1, 0.15) is 6.04 Å². The molecule has 0 spiro atoms. The number of methoxy groups -OCH3 is 1. The van der Waals surface area contributed by atoms with Gasteiger partial charge in [0.15, 0.2) is 5.78 Å². The minimum absolute atomic E-state index is 0.138. The summed E-state index contributed by atoms with van der Waals surface area (Å²) in [5.41, 5.74) is 2.15. The second-order valence-electron chi connectivity index (χ2n) is 6.63. The molecule has 1 aromatic carbocycles. The Morgan fingerprint density at radius 1 is 1.20 bits per heavy atom. The van der Waals surface area contributed by atoms with Gasteiger partial charge in [0.05, 0.1) is 7.11 Å². The zero-order valence-electron chi connectivity index (χ0n) is 16.1. The molecule has 1 aromatic rings. The predicted octanol–water partition coefficient (Wildman–Crippen LogP) is 4.17. The standard InChI is InChI=1S/C12H25NO2.C9H8O/c1-5-7-8-9-13-11(10(3)6-2)12(14)15-4;10-9-6-5-7-3-1-2-4-8(7)9/h10-11,13H,5-9H2,1-4H3;1-4H,5-6H2. The van der Waals surface area contributed by atoms with Crippen LogP contribution >= 0.6 is 0 Å². The van der Waals surface area contributed by atoms with Gasteiger partial charge in [-0.25, -0.2) is 0 Å². The quantitative estimate of drug-likeness (QED) is 0.566. The number of aryl methyl sites for hydroxylation is 1. The summed E-state index contributed by atoms with van der Waals surface area (Å²) in [5, 5.41) is 3.28. The Balaban J connectivity index is 0.000000267. The van der Waals surface area contributed by atoms with Crippen LogP contribution in [0.15, 0.2) is 24.3 Å². The predicted molar refractivity (Wildman–Crippen MR) is 102 cm³/mol. The van der Waals surface area contributed by atoms with Crippen molar-refractivity contribution in [2.45, 2.75) is 65.3 Å². The normalized spacial score (nSPS) is 15.0. The Kier molecular flexibility index (Phi) is 10.1. The smallest absolute Gasteiger partial charge is 0.323 e. The van der Waals surface area contributed by atoms with Crippen molar-refractivity contribution in [3.05, 3.63) is 35.4 Å². The number of esters is 1. The summed E-state index contributed by atoms with van der Waals surface area (Å²) in [6, 6.07) is 7.70. The third-order valence-electron chi connectivity index (χ3n) is 4.75. The molecule has 0 radical (unpaired) electrons. The van der Waals surface area contributed by atoms with Crippen molar-refractivity contribution < 1.29 is 14.3 Å². The SMILES string of the molecule is CCCCCNC(C(=O)OC)C(C)CC.O=C1CCc2ccccc21. The number of ketones is 1. The summed E-state index contributed by atoms with van der Waals surface area (Å²) < 4.78 is 4.79. The van der Waals surface area contributed by atoms with Gasteiger partial charge >= 0.3 is 5.97 Å². The van der Waals surface area contributed by atoms with Crippen LogP contribution in [0.1, 0.15) is 68.8 Å². The number of carbonyl (C=O) groups excluding carboxylic acids is 2. The lowest BCUT2D eigenvalue weighted by Gasteiger charge is -2.21. The van der Waals surface area contributed by atoms with Gasteiger partial charge in [-0.05, 0) is 30.9 Å². The number of hydrogen-bond acceptors (Lipinski definition) is 4. The molecule has 0 aromatic heterocycles. The molecule has 1 aliphatic rings. The van der Waals surface area contributed by atoms with E-state index in [1.54, 1.807) is 0 Å². The molecule has 0 aliphatic heterocycles. The lowest BCUT2D eigenvalue weighted by Crippen LogP contribution is -2.42. The highest BCUT2D eigenvalue weighted by atomic mass is 16.5. The maximum absolute atomic E-state index is 11.5. The summed E-state index contributed by atoms with van der Waals surface area (Å²) in [4.78, 5) is 22.6. The number of fused-ring (bicyclic) bond motifs is 1. The number of hydrogen-bond donors (Lipinski definition) is 1. The van der Waals surface area contributed by atoms with Crippen LogP contribution in [0.25, 0.3) is 0 Å². The number of unbranched alkanes of at least 4 members (excludes halogenated alkanes) is 2. The topological polar surface area (TPSA) is 55.4 Å². The van der Waals surface area contributed by atoms with E-state index in [1.165, 1.54) is 25.5 Å². The Morgan fingerprint density at radius 2 is 1.92 bits per heavy atom. The molecule has 2 rings (SSSR count). The van der Waals surface area contributed by atoms with Crippen LogP contribution in [-0.4, -0.2) is 31.4 Å². The lowest BCUT2D eigenvalue weighted by atomic mass is 9.99. The molecule has 0 fully saturated rings. The van der Waals surface area contributed by atoms with Crippen LogP contribution in [0.5, 0.6) is 0 Å². The first kappa shape index (κ1) is 21.4. The number of nitrogens with one attached hydrogen (secondary N) is 1. The van der Waals surface area contributed by atoms with Crippen LogP contribution in [0, 0.1) is 5.92 Å². The largest absolute Gasteiger partial charge is 0.468 e. The van der Waals surface area contributed by atoms with Crippen LogP contribution in [0.4, 0.5) is 0 Å². The van der Waals surface area contributed by atoms with Crippen molar-refractivity contribution in [3.8, 4) is 0 Å². The maximum Gasteiger partial charge on any atom is 0.323 e. The maximum atomic E-state index is 11.5. The summed E-state index contributed by atoms with van der Waals surface area (Å²) in [7, 11) is 1.45. The van der Waals surface area contributed by atoms with Crippen molar-refractivity contribution in [1.82, 2.24) is 5.32 Å². The minimum atomic E-state index is -0.142. The molecule has 2 unspecified atom stereocenters. The van der Waals surface area contributed by atoms with E-state index >= 15 is 0 Å². The molecule has 4 nitrogen and oxygen atoms in total. The third kappa shape index (κ3) is 6.99. The highest BCUT2D eigenvalue weighted by molar-refractivity contribution is 6.00. The highest BCUT2D eigenvalue weighted by Gasteiger charge is 2.23. The van der Waals surface area contributed by atoms with E-state index in [2.05, 4.69) is 26.1 Å². The highest BCUT2D eigenvalue weighted by Crippen LogP contribution is 2.20. The number of Topliss-reactive ketones (excluding diaryl/α,β-unsaturated/α-hetero) is 1. The summed E-state index contributed by atoms with van der Waals surface area (Å²) in [6.07, 6.45) is 6.17. The van der Waals surface area contributed by atoms with Crippen molar-refractivity contribution in [2.75, 3.05) is 13.7 Å². The minimum Gasteiger partial charge on any atom is -0.468 e. The van der Waals surface area contributed by atoms with E-state index in [0.29, 0.717) is 18.1 Å². The van der Waals surface area contributed by atoms with Gasteiger partial charge in [0, 0.05) is 12.0 Å². The molecule has 0 bridgehead atoms. The average Bonchev–Trinajstić information content (AvgIpc) is 3.02. The monoisotopic (exact) mass is 347 g/mol. The van der Waals surface area contributed by atoms with Crippen molar-refractivity contribution >= 4 is 11.8 Å². The lowest BCUT2D eigenvalue weighted by molar-refractivity contribution is -0.144. The van der Waals surface area contributed by atoms with E-state index in [9.17, 15) is 9.59 Å². The van der Waals surface area contributed by atoms with Crippen molar-refractivity contribution in [3.63, 3.8) is 0 Å². The van der Waals surface area contributed by atoms with Gasteiger partial charge in [-0.1, -0.05) is 64.3 Å². The Labute approximate surface area is 152 Å². The third-order valence-corrected chi connectivity index (χ3v) is 4.75. The van der Waals surface area contributed by atoms with Crippen molar-refractivity contribution in [2.24, 2.45) is 5.92 Å². The molecule has 1 aliphatic carbocycles. The number of ether oxygens (including phenoxy) is 1. The Bertz CT molecular complexity index is 542. The zero-order chi connectivity index (χ0) is 18.7. The van der Waals surface area contributed by atoms with Gasteiger partial charge in [-0.15, -0.1) is 0 Å². The molecule has 0 saturated heterocycles.